The van der Waals surface area contributed by atoms with E-state index in [0.717, 1.165) is 37.9 Å². The number of aryl methyl sites for hydroxylation is 1. The molecule has 0 atom stereocenters. The molecule has 0 bridgehead atoms. The smallest absolute Gasteiger partial charge is 0.230 e. The highest BCUT2D eigenvalue weighted by Crippen LogP contribution is 2.35. The molecule has 0 spiro atoms. The van der Waals surface area contributed by atoms with Crippen LogP contribution in [0.3, 0.4) is 0 Å². The molecule has 20 heavy (non-hydrogen) atoms. The summed E-state index contributed by atoms with van der Waals surface area (Å²) in [6.45, 7) is 5.59. The molecule has 0 aliphatic carbocycles. The molecular formula is C15H20BrFN2O. The lowest BCUT2D eigenvalue weighted by Gasteiger charge is -2.35. The van der Waals surface area contributed by atoms with Crippen molar-refractivity contribution in [2.45, 2.75) is 33.1 Å². The highest BCUT2D eigenvalue weighted by Gasteiger charge is 2.37. The van der Waals surface area contributed by atoms with E-state index in [4.69, 9.17) is 0 Å². The monoisotopic (exact) mass is 342 g/mol. The third-order valence-corrected chi connectivity index (χ3v) is 4.84. The quantitative estimate of drug-likeness (QED) is 0.880. The maximum atomic E-state index is 13.4. The van der Waals surface area contributed by atoms with Gasteiger partial charge in [0.25, 0.3) is 0 Å². The topological polar surface area (TPSA) is 41.1 Å². The van der Waals surface area contributed by atoms with Crippen molar-refractivity contribution in [3.63, 3.8) is 0 Å². The molecule has 110 valence electrons. The van der Waals surface area contributed by atoms with E-state index in [-0.39, 0.29) is 17.1 Å². The van der Waals surface area contributed by atoms with Crippen LogP contribution in [-0.2, 0) is 4.79 Å². The number of carbonyl (C=O) groups excluding carboxylic acids is 1. The van der Waals surface area contributed by atoms with Crippen LogP contribution in [0.1, 0.15) is 31.7 Å². The Bertz CT molecular complexity index is 513. The first-order chi connectivity index (χ1) is 9.48. The standard InChI is InChI=1S/C15H20BrFN2O/c1-3-15(4-6-18-7-5-15)14(20)19-13-9-11(16)12(17)8-10(13)2/h8-9,18H,3-7H2,1-2H3,(H,19,20). The molecule has 0 saturated carbocycles. The van der Waals surface area contributed by atoms with Crippen LogP contribution in [0.5, 0.6) is 0 Å². The summed E-state index contributed by atoms with van der Waals surface area (Å²) in [7, 11) is 0. The third-order valence-electron chi connectivity index (χ3n) is 4.23. The van der Waals surface area contributed by atoms with Crippen LogP contribution in [0.15, 0.2) is 16.6 Å². The fraction of sp³-hybridized carbons (Fsp3) is 0.533. The summed E-state index contributed by atoms with van der Waals surface area (Å²) >= 11 is 3.16. The van der Waals surface area contributed by atoms with Gasteiger partial charge in [0, 0.05) is 5.69 Å². The van der Waals surface area contributed by atoms with Gasteiger partial charge in [0.1, 0.15) is 5.82 Å². The Kier molecular flexibility index (Phi) is 4.81. The molecule has 0 radical (unpaired) electrons. The average Bonchev–Trinajstić information content (AvgIpc) is 2.45. The van der Waals surface area contributed by atoms with Crippen molar-refractivity contribution in [3.8, 4) is 0 Å². The fourth-order valence-corrected chi connectivity index (χ4v) is 3.03. The minimum atomic E-state index is -0.312. The van der Waals surface area contributed by atoms with Crippen LogP contribution in [0.4, 0.5) is 10.1 Å². The summed E-state index contributed by atoms with van der Waals surface area (Å²) in [6.07, 6.45) is 2.51. The number of piperidine rings is 1. The molecule has 0 unspecified atom stereocenters. The Morgan fingerprint density at radius 2 is 2.10 bits per heavy atom. The van der Waals surface area contributed by atoms with Crippen molar-refractivity contribution in [2.75, 3.05) is 18.4 Å². The summed E-state index contributed by atoms with van der Waals surface area (Å²) in [6, 6.07) is 3.06. The van der Waals surface area contributed by atoms with E-state index in [9.17, 15) is 9.18 Å². The Labute approximate surface area is 127 Å². The molecule has 2 rings (SSSR count). The highest BCUT2D eigenvalue weighted by atomic mass is 79.9. The van der Waals surface area contributed by atoms with Crippen LogP contribution >= 0.6 is 15.9 Å². The van der Waals surface area contributed by atoms with Gasteiger partial charge in [-0.05, 0) is 72.9 Å². The average molecular weight is 343 g/mol. The number of halogens is 2. The number of rotatable bonds is 3. The van der Waals surface area contributed by atoms with Crippen molar-refractivity contribution >= 4 is 27.5 Å². The SMILES string of the molecule is CCC1(C(=O)Nc2cc(Br)c(F)cc2C)CCNCC1. The van der Waals surface area contributed by atoms with Gasteiger partial charge in [-0.3, -0.25) is 4.79 Å². The van der Waals surface area contributed by atoms with Gasteiger partial charge in [-0.1, -0.05) is 6.92 Å². The van der Waals surface area contributed by atoms with E-state index in [2.05, 4.69) is 33.5 Å². The van der Waals surface area contributed by atoms with Gasteiger partial charge >= 0.3 is 0 Å². The zero-order valence-electron chi connectivity index (χ0n) is 11.9. The normalized spacial score (nSPS) is 17.8. The Hall–Kier alpha value is -0.940. The number of benzene rings is 1. The second-order valence-corrected chi connectivity index (χ2v) is 6.27. The summed E-state index contributed by atoms with van der Waals surface area (Å²) in [5, 5.41) is 6.26. The Morgan fingerprint density at radius 3 is 2.70 bits per heavy atom. The van der Waals surface area contributed by atoms with E-state index in [1.165, 1.54) is 6.07 Å². The molecule has 1 aliphatic rings. The molecule has 1 aliphatic heterocycles. The first kappa shape index (κ1) is 15.4. The number of hydrogen-bond donors (Lipinski definition) is 2. The number of anilines is 1. The van der Waals surface area contributed by atoms with E-state index >= 15 is 0 Å². The predicted octanol–water partition coefficient (Wildman–Crippen LogP) is 3.61. The van der Waals surface area contributed by atoms with Crippen molar-refractivity contribution in [3.05, 3.63) is 28.0 Å². The van der Waals surface area contributed by atoms with Gasteiger partial charge < -0.3 is 10.6 Å². The van der Waals surface area contributed by atoms with Crippen LogP contribution in [0, 0.1) is 18.2 Å². The van der Waals surface area contributed by atoms with Crippen LogP contribution < -0.4 is 10.6 Å². The van der Waals surface area contributed by atoms with Crippen LogP contribution in [0.25, 0.3) is 0 Å². The largest absolute Gasteiger partial charge is 0.325 e. The Balaban J connectivity index is 2.20. The van der Waals surface area contributed by atoms with Crippen molar-refractivity contribution in [2.24, 2.45) is 5.41 Å². The second kappa shape index (κ2) is 6.22. The van der Waals surface area contributed by atoms with Crippen molar-refractivity contribution in [1.82, 2.24) is 5.32 Å². The maximum absolute atomic E-state index is 13.4. The van der Waals surface area contributed by atoms with Gasteiger partial charge in [-0.2, -0.15) is 0 Å². The van der Waals surface area contributed by atoms with Gasteiger partial charge in [0.05, 0.1) is 9.89 Å². The van der Waals surface area contributed by atoms with Gasteiger partial charge in [0.15, 0.2) is 0 Å². The zero-order chi connectivity index (χ0) is 14.8. The van der Waals surface area contributed by atoms with E-state index < -0.39 is 0 Å². The van der Waals surface area contributed by atoms with E-state index in [1.54, 1.807) is 13.0 Å². The summed E-state index contributed by atoms with van der Waals surface area (Å²) in [4.78, 5) is 12.6. The molecule has 1 fully saturated rings. The minimum absolute atomic E-state index is 0.0445. The summed E-state index contributed by atoms with van der Waals surface area (Å²) in [5.74, 6) is -0.268. The van der Waals surface area contributed by atoms with Crippen molar-refractivity contribution < 1.29 is 9.18 Å². The van der Waals surface area contributed by atoms with Gasteiger partial charge in [0.2, 0.25) is 5.91 Å². The molecule has 1 heterocycles. The molecule has 0 aromatic heterocycles. The number of carbonyl (C=O) groups is 1. The predicted molar refractivity (Wildman–Crippen MR) is 82.3 cm³/mol. The number of hydrogen-bond acceptors (Lipinski definition) is 2. The lowest BCUT2D eigenvalue weighted by molar-refractivity contribution is -0.127. The van der Waals surface area contributed by atoms with E-state index in [1.807, 2.05) is 0 Å². The first-order valence-corrected chi connectivity index (χ1v) is 7.75. The summed E-state index contributed by atoms with van der Waals surface area (Å²) in [5.41, 5.74) is 1.10. The molecular weight excluding hydrogens is 323 g/mol. The molecule has 5 heteroatoms. The van der Waals surface area contributed by atoms with Crippen LogP contribution in [-0.4, -0.2) is 19.0 Å². The molecule has 1 aromatic rings. The molecule has 2 N–H and O–H groups in total. The molecule has 1 saturated heterocycles. The molecule has 1 amide bonds. The highest BCUT2D eigenvalue weighted by molar-refractivity contribution is 9.10. The Morgan fingerprint density at radius 1 is 1.45 bits per heavy atom. The zero-order valence-corrected chi connectivity index (χ0v) is 13.4. The minimum Gasteiger partial charge on any atom is -0.325 e. The second-order valence-electron chi connectivity index (χ2n) is 5.42. The van der Waals surface area contributed by atoms with Gasteiger partial charge in [-0.15, -0.1) is 0 Å². The number of nitrogens with one attached hydrogen (secondary N) is 2. The summed E-state index contributed by atoms with van der Waals surface area (Å²) < 4.78 is 13.8. The number of amides is 1. The lowest BCUT2D eigenvalue weighted by Crippen LogP contribution is -2.44. The van der Waals surface area contributed by atoms with Gasteiger partial charge in [-0.25, -0.2) is 4.39 Å². The van der Waals surface area contributed by atoms with Crippen molar-refractivity contribution in [1.29, 1.82) is 0 Å². The van der Waals surface area contributed by atoms with Crippen LogP contribution in [0.2, 0.25) is 0 Å². The third kappa shape index (κ3) is 3.04. The first-order valence-electron chi connectivity index (χ1n) is 6.96. The fourth-order valence-electron chi connectivity index (χ4n) is 2.68. The van der Waals surface area contributed by atoms with E-state index in [0.29, 0.717) is 10.2 Å². The molecule has 1 aromatic carbocycles. The molecule has 3 nitrogen and oxygen atoms in total. The lowest BCUT2D eigenvalue weighted by atomic mass is 9.76. The maximum Gasteiger partial charge on any atom is 0.230 e.